The normalized spacial score (nSPS) is 18.3. The first-order valence-electron chi connectivity index (χ1n) is 5.58. The van der Waals surface area contributed by atoms with Crippen LogP contribution in [0.5, 0.6) is 5.75 Å². The molecule has 0 aliphatic heterocycles. The van der Waals surface area contributed by atoms with Gasteiger partial charge in [0.1, 0.15) is 5.75 Å². The van der Waals surface area contributed by atoms with Crippen LogP contribution in [-0.2, 0) is 5.41 Å². The summed E-state index contributed by atoms with van der Waals surface area (Å²) >= 11 is 0. The maximum atomic E-state index is 5.94. The molecule has 0 saturated heterocycles. The van der Waals surface area contributed by atoms with Crippen molar-refractivity contribution in [3.05, 3.63) is 29.3 Å². The monoisotopic (exact) mass is 205 g/mol. The fourth-order valence-corrected chi connectivity index (χ4v) is 2.65. The second kappa shape index (κ2) is 3.86. The van der Waals surface area contributed by atoms with Gasteiger partial charge in [0.05, 0.1) is 7.11 Å². The van der Waals surface area contributed by atoms with Crippen LogP contribution in [0.1, 0.15) is 30.4 Å². The van der Waals surface area contributed by atoms with Gasteiger partial charge in [0.2, 0.25) is 0 Å². The molecule has 0 heterocycles. The van der Waals surface area contributed by atoms with Crippen LogP contribution in [-0.4, -0.2) is 13.7 Å². The zero-order valence-corrected chi connectivity index (χ0v) is 9.55. The lowest BCUT2D eigenvalue weighted by Gasteiger charge is -2.43. The van der Waals surface area contributed by atoms with Crippen molar-refractivity contribution in [2.75, 3.05) is 13.7 Å². The summed E-state index contributed by atoms with van der Waals surface area (Å²) in [6, 6.07) is 6.23. The summed E-state index contributed by atoms with van der Waals surface area (Å²) in [6.45, 7) is 2.88. The van der Waals surface area contributed by atoms with Crippen molar-refractivity contribution < 1.29 is 4.74 Å². The molecule has 2 nitrogen and oxygen atoms in total. The van der Waals surface area contributed by atoms with Crippen LogP contribution in [0.4, 0.5) is 0 Å². The molecule has 1 saturated carbocycles. The molecule has 1 aromatic rings. The van der Waals surface area contributed by atoms with E-state index in [4.69, 9.17) is 10.5 Å². The van der Waals surface area contributed by atoms with Gasteiger partial charge in [-0.2, -0.15) is 0 Å². The molecule has 1 aliphatic carbocycles. The molecule has 0 bridgehead atoms. The predicted molar refractivity (Wildman–Crippen MR) is 62.3 cm³/mol. The first-order valence-corrected chi connectivity index (χ1v) is 5.58. The molecule has 2 rings (SSSR count). The second-order valence-corrected chi connectivity index (χ2v) is 4.49. The van der Waals surface area contributed by atoms with Gasteiger partial charge in [-0.25, -0.2) is 0 Å². The molecule has 1 fully saturated rings. The van der Waals surface area contributed by atoms with Crippen LogP contribution in [0.15, 0.2) is 18.2 Å². The zero-order chi connectivity index (χ0) is 10.9. The van der Waals surface area contributed by atoms with Crippen LogP contribution >= 0.6 is 0 Å². The summed E-state index contributed by atoms with van der Waals surface area (Å²) in [5.41, 5.74) is 8.77. The van der Waals surface area contributed by atoms with Crippen LogP contribution in [0, 0.1) is 6.92 Å². The average Bonchev–Trinajstić information content (AvgIpc) is 2.19. The highest BCUT2D eigenvalue weighted by atomic mass is 16.5. The number of ether oxygens (including phenoxy) is 1. The van der Waals surface area contributed by atoms with Crippen molar-refractivity contribution in [3.63, 3.8) is 0 Å². The van der Waals surface area contributed by atoms with Crippen LogP contribution in [0.25, 0.3) is 0 Å². The number of aryl methyl sites for hydroxylation is 1. The lowest BCUT2D eigenvalue weighted by molar-refractivity contribution is 0.242. The molecule has 2 N–H and O–H groups in total. The van der Waals surface area contributed by atoms with Gasteiger partial charge in [0.25, 0.3) is 0 Å². The average molecular weight is 205 g/mol. The van der Waals surface area contributed by atoms with Crippen LogP contribution in [0.3, 0.4) is 0 Å². The number of benzene rings is 1. The van der Waals surface area contributed by atoms with Crippen molar-refractivity contribution in [3.8, 4) is 5.75 Å². The Hall–Kier alpha value is -1.02. The minimum atomic E-state index is 0.191. The molecule has 1 aliphatic rings. The Balaban J connectivity index is 2.49. The summed E-state index contributed by atoms with van der Waals surface area (Å²) in [6.07, 6.45) is 3.68. The van der Waals surface area contributed by atoms with E-state index in [1.54, 1.807) is 7.11 Å². The molecular formula is C13H19NO. The summed E-state index contributed by atoms with van der Waals surface area (Å²) in [4.78, 5) is 0. The van der Waals surface area contributed by atoms with E-state index < -0.39 is 0 Å². The molecule has 0 aromatic heterocycles. The van der Waals surface area contributed by atoms with Crippen molar-refractivity contribution in [2.24, 2.45) is 5.73 Å². The number of methoxy groups -OCH3 is 1. The molecule has 1 aromatic carbocycles. The van der Waals surface area contributed by atoms with E-state index in [1.165, 1.54) is 30.4 Å². The van der Waals surface area contributed by atoms with E-state index >= 15 is 0 Å². The molecule has 82 valence electrons. The SMILES string of the molecule is COc1cccc(C)c1C1(CN)CCC1. The minimum absolute atomic E-state index is 0.191. The van der Waals surface area contributed by atoms with Crippen molar-refractivity contribution in [1.29, 1.82) is 0 Å². The predicted octanol–water partition coefficient (Wildman–Crippen LogP) is 2.38. The van der Waals surface area contributed by atoms with Gasteiger partial charge in [-0.05, 0) is 31.4 Å². The Bertz CT molecular complexity index is 350. The molecule has 0 atom stereocenters. The van der Waals surface area contributed by atoms with E-state index in [0.29, 0.717) is 0 Å². The fourth-order valence-electron chi connectivity index (χ4n) is 2.65. The third-order valence-electron chi connectivity index (χ3n) is 3.69. The summed E-state index contributed by atoms with van der Waals surface area (Å²) < 4.78 is 5.45. The Labute approximate surface area is 91.4 Å². The Morgan fingerprint density at radius 3 is 2.60 bits per heavy atom. The largest absolute Gasteiger partial charge is 0.496 e. The van der Waals surface area contributed by atoms with Gasteiger partial charge in [0, 0.05) is 17.5 Å². The van der Waals surface area contributed by atoms with E-state index in [1.807, 2.05) is 12.1 Å². The number of rotatable bonds is 3. The molecule has 2 heteroatoms. The van der Waals surface area contributed by atoms with E-state index in [9.17, 15) is 0 Å². The highest BCUT2D eigenvalue weighted by molar-refractivity contribution is 5.46. The molecule has 15 heavy (non-hydrogen) atoms. The summed E-state index contributed by atoms with van der Waals surface area (Å²) in [5.74, 6) is 1.00. The Morgan fingerprint density at radius 2 is 2.13 bits per heavy atom. The Morgan fingerprint density at radius 1 is 1.40 bits per heavy atom. The molecule has 0 unspecified atom stereocenters. The number of hydrogen-bond donors (Lipinski definition) is 1. The molecular weight excluding hydrogens is 186 g/mol. The first kappa shape index (κ1) is 10.5. The lowest BCUT2D eigenvalue weighted by Crippen LogP contribution is -2.42. The first-order chi connectivity index (χ1) is 7.23. The highest BCUT2D eigenvalue weighted by Gasteiger charge is 2.40. The maximum absolute atomic E-state index is 5.94. The molecule has 0 amide bonds. The second-order valence-electron chi connectivity index (χ2n) is 4.49. The van der Waals surface area contributed by atoms with E-state index in [2.05, 4.69) is 13.0 Å². The smallest absolute Gasteiger partial charge is 0.122 e. The van der Waals surface area contributed by atoms with Crippen molar-refractivity contribution >= 4 is 0 Å². The highest BCUT2D eigenvalue weighted by Crippen LogP contribution is 2.47. The molecule has 0 radical (unpaired) electrons. The van der Waals surface area contributed by atoms with Crippen molar-refractivity contribution in [2.45, 2.75) is 31.6 Å². The van der Waals surface area contributed by atoms with E-state index in [-0.39, 0.29) is 5.41 Å². The van der Waals surface area contributed by atoms with Gasteiger partial charge in [0.15, 0.2) is 0 Å². The van der Waals surface area contributed by atoms with Crippen LogP contribution in [0.2, 0.25) is 0 Å². The lowest BCUT2D eigenvalue weighted by atomic mass is 9.63. The Kier molecular flexibility index (Phi) is 2.70. The third-order valence-corrected chi connectivity index (χ3v) is 3.69. The minimum Gasteiger partial charge on any atom is -0.496 e. The topological polar surface area (TPSA) is 35.2 Å². The quantitative estimate of drug-likeness (QED) is 0.822. The maximum Gasteiger partial charge on any atom is 0.122 e. The van der Waals surface area contributed by atoms with Gasteiger partial charge < -0.3 is 10.5 Å². The third kappa shape index (κ3) is 1.53. The van der Waals surface area contributed by atoms with Crippen molar-refractivity contribution in [1.82, 2.24) is 0 Å². The number of hydrogen-bond acceptors (Lipinski definition) is 2. The van der Waals surface area contributed by atoms with Gasteiger partial charge in [-0.3, -0.25) is 0 Å². The standard InChI is InChI=1S/C13H19NO/c1-10-5-3-6-11(15-2)12(10)13(9-14)7-4-8-13/h3,5-6H,4,7-9,14H2,1-2H3. The number of nitrogens with two attached hydrogens (primary N) is 1. The fraction of sp³-hybridized carbons (Fsp3) is 0.538. The summed E-state index contributed by atoms with van der Waals surface area (Å²) in [5, 5.41) is 0. The van der Waals surface area contributed by atoms with Gasteiger partial charge in [-0.15, -0.1) is 0 Å². The van der Waals surface area contributed by atoms with Crippen LogP contribution < -0.4 is 10.5 Å². The zero-order valence-electron chi connectivity index (χ0n) is 9.55. The van der Waals surface area contributed by atoms with Gasteiger partial charge in [-0.1, -0.05) is 18.6 Å². The summed E-state index contributed by atoms with van der Waals surface area (Å²) in [7, 11) is 1.74. The van der Waals surface area contributed by atoms with E-state index in [0.717, 1.165) is 12.3 Å². The molecule has 0 spiro atoms. The van der Waals surface area contributed by atoms with Gasteiger partial charge >= 0.3 is 0 Å².